The SMILES string of the molecule is O=C(O)CCCOc1ccc(CNC(=O)C2CCCCS2(=O)=O)cc1. The molecule has 0 spiro atoms. The van der Waals surface area contributed by atoms with E-state index in [1.165, 1.54) is 0 Å². The highest BCUT2D eigenvalue weighted by Gasteiger charge is 2.34. The van der Waals surface area contributed by atoms with E-state index in [1.807, 2.05) is 0 Å². The zero-order valence-electron chi connectivity index (χ0n) is 13.9. The lowest BCUT2D eigenvalue weighted by Crippen LogP contribution is -2.42. The minimum Gasteiger partial charge on any atom is -0.494 e. The number of carboxylic acid groups (broad SMARTS) is 1. The summed E-state index contributed by atoms with van der Waals surface area (Å²) in [5.74, 6) is -0.586. The molecule has 0 aromatic heterocycles. The summed E-state index contributed by atoms with van der Waals surface area (Å²) in [6, 6.07) is 7.03. The van der Waals surface area contributed by atoms with Gasteiger partial charge in [-0.05, 0) is 37.0 Å². The fourth-order valence-corrected chi connectivity index (χ4v) is 4.50. The zero-order valence-corrected chi connectivity index (χ0v) is 14.8. The predicted octanol–water partition coefficient (Wildman–Crippen LogP) is 1.51. The second kappa shape index (κ2) is 8.84. The smallest absolute Gasteiger partial charge is 0.303 e. The second-order valence-corrected chi connectivity index (χ2v) is 8.36. The Morgan fingerprint density at radius 1 is 1.20 bits per heavy atom. The molecule has 25 heavy (non-hydrogen) atoms. The van der Waals surface area contributed by atoms with Gasteiger partial charge in [0.1, 0.15) is 11.0 Å². The summed E-state index contributed by atoms with van der Waals surface area (Å²) in [6.07, 6.45) is 2.26. The molecule has 1 unspecified atom stereocenters. The van der Waals surface area contributed by atoms with Gasteiger partial charge in [-0.2, -0.15) is 0 Å². The van der Waals surface area contributed by atoms with Crippen LogP contribution in [0.3, 0.4) is 0 Å². The number of carbonyl (C=O) groups is 2. The van der Waals surface area contributed by atoms with Gasteiger partial charge in [-0.15, -0.1) is 0 Å². The molecule has 8 heteroatoms. The Kier molecular flexibility index (Phi) is 6.81. The average molecular weight is 369 g/mol. The van der Waals surface area contributed by atoms with Gasteiger partial charge >= 0.3 is 5.97 Å². The summed E-state index contributed by atoms with van der Waals surface area (Å²) in [5, 5.41) is 10.3. The molecule has 1 aromatic rings. The molecule has 0 saturated carbocycles. The molecular weight excluding hydrogens is 346 g/mol. The molecule has 2 rings (SSSR count). The first-order valence-electron chi connectivity index (χ1n) is 8.31. The molecule has 2 N–H and O–H groups in total. The van der Waals surface area contributed by atoms with Crippen molar-refractivity contribution in [3.8, 4) is 5.75 Å². The van der Waals surface area contributed by atoms with Gasteiger partial charge in [0.15, 0.2) is 9.84 Å². The summed E-state index contributed by atoms with van der Waals surface area (Å²) in [7, 11) is -3.33. The number of sulfone groups is 1. The Balaban J connectivity index is 1.79. The quantitative estimate of drug-likeness (QED) is 0.672. The van der Waals surface area contributed by atoms with Crippen LogP contribution in [0, 0.1) is 0 Å². The number of carboxylic acids is 1. The Hall–Kier alpha value is -2.09. The van der Waals surface area contributed by atoms with E-state index in [2.05, 4.69) is 5.32 Å². The van der Waals surface area contributed by atoms with Crippen LogP contribution in [0.4, 0.5) is 0 Å². The van der Waals surface area contributed by atoms with E-state index in [-0.39, 0.29) is 18.7 Å². The average Bonchev–Trinajstić information content (AvgIpc) is 2.57. The monoisotopic (exact) mass is 369 g/mol. The summed E-state index contributed by atoms with van der Waals surface area (Å²) in [4.78, 5) is 22.5. The first-order valence-corrected chi connectivity index (χ1v) is 10.0. The maximum atomic E-state index is 12.1. The molecule has 1 aliphatic rings. The Bertz CT molecular complexity index is 698. The van der Waals surface area contributed by atoms with Crippen LogP contribution in [0.25, 0.3) is 0 Å². The topological polar surface area (TPSA) is 110 Å². The van der Waals surface area contributed by atoms with Crippen molar-refractivity contribution in [3.05, 3.63) is 29.8 Å². The van der Waals surface area contributed by atoms with Crippen molar-refractivity contribution in [3.63, 3.8) is 0 Å². The third-order valence-electron chi connectivity index (χ3n) is 4.06. The molecule has 7 nitrogen and oxygen atoms in total. The number of nitrogens with one attached hydrogen (secondary N) is 1. The normalized spacial score (nSPS) is 19.1. The number of carbonyl (C=O) groups excluding carboxylic acids is 1. The largest absolute Gasteiger partial charge is 0.494 e. The number of rotatable bonds is 8. The zero-order chi connectivity index (χ0) is 18.3. The second-order valence-electron chi connectivity index (χ2n) is 6.06. The number of benzene rings is 1. The van der Waals surface area contributed by atoms with Crippen LogP contribution in [-0.2, 0) is 26.0 Å². The lowest BCUT2D eigenvalue weighted by Gasteiger charge is -2.21. The van der Waals surface area contributed by atoms with E-state index < -0.39 is 27.0 Å². The van der Waals surface area contributed by atoms with Crippen LogP contribution >= 0.6 is 0 Å². The van der Waals surface area contributed by atoms with Crippen molar-refractivity contribution < 1.29 is 27.9 Å². The minimum atomic E-state index is -3.33. The van der Waals surface area contributed by atoms with E-state index in [0.717, 1.165) is 12.0 Å². The first-order chi connectivity index (χ1) is 11.9. The van der Waals surface area contributed by atoms with Crippen molar-refractivity contribution >= 4 is 21.7 Å². The number of amides is 1. The maximum absolute atomic E-state index is 12.1. The molecule has 138 valence electrons. The lowest BCUT2D eigenvalue weighted by atomic mass is 10.1. The van der Waals surface area contributed by atoms with Crippen molar-refractivity contribution in [1.82, 2.24) is 5.32 Å². The van der Waals surface area contributed by atoms with Gasteiger partial charge in [-0.1, -0.05) is 18.6 Å². The Morgan fingerprint density at radius 2 is 1.92 bits per heavy atom. The van der Waals surface area contributed by atoms with Gasteiger partial charge in [-0.3, -0.25) is 9.59 Å². The Morgan fingerprint density at radius 3 is 2.56 bits per heavy atom. The standard InChI is InChI=1S/C17H23NO6S/c19-16(20)5-3-10-24-14-8-6-13(7-9-14)12-18-17(21)15-4-1-2-11-25(15,22)23/h6-9,15H,1-5,10-12H2,(H,18,21)(H,19,20). The molecule has 1 aliphatic heterocycles. The molecule has 1 aromatic carbocycles. The summed E-state index contributed by atoms with van der Waals surface area (Å²) in [5.41, 5.74) is 0.833. The van der Waals surface area contributed by atoms with Gasteiger partial charge in [0.2, 0.25) is 5.91 Å². The lowest BCUT2D eigenvalue weighted by molar-refractivity contribution is -0.137. The van der Waals surface area contributed by atoms with E-state index in [9.17, 15) is 18.0 Å². The summed E-state index contributed by atoms with van der Waals surface area (Å²) >= 11 is 0. The van der Waals surface area contributed by atoms with Crippen LogP contribution < -0.4 is 10.1 Å². The fraction of sp³-hybridized carbons (Fsp3) is 0.529. The van der Waals surface area contributed by atoms with E-state index in [0.29, 0.717) is 31.6 Å². The van der Waals surface area contributed by atoms with Crippen LogP contribution in [0.15, 0.2) is 24.3 Å². The van der Waals surface area contributed by atoms with Crippen molar-refractivity contribution in [2.45, 2.75) is 43.9 Å². The molecule has 1 atom stereocenters. The van der Waals surface area contributed by atoms with E-state index in [1.54, 1.807) is 24.3 Å². The van der Waals surface area contributed by atoms with Gasteiger partial charge in [0.25, 0.3) is 0 Å². The fourth-order valence-electron chi connectivity index (χ4n) is 2.67. The van der Waals surface area contributed by atoms with Gasteiger partial charge in [0.05, 0.1) is 12.4 Å². The highest BCUT2D eigenvalue weighted by molar-refractivity contribution is 7.92. The molecule has 1 fully saturated rings. The molecule has 1 amide bonds. The van der Waals surface area contributed by atoms with Crippen LogP contribution in [0.2, 0.25) is 0 Å². The molecule has 1 saturated heterocycles. The van der Waals surface area contributed by atoms with Crippen LogP contribution in [0.5, 0.6) is 5.75 Å². The predicted molar refractivity (Wildman–Crippen MR) is 92.1 cm³/mol. The molecule has 0 aliphatic carbocycles. The Labute approximate surface area is 147 Å². The molecule has 0 bridgehead atoms. The maximum Gasteiger partial charge on any atom is 0.303 e. The molecule has 1 heterocycles. The summed E-state index contributed by atoms with van der Waals surface area (Å²) < 4.78 is 29.3. The van der Waals surface area contributed by atoms with Gasteiger partial charge < -0.3 is 15.2 Å². The molecule has 0 radical (unpaired) electrons. The third kappa shape index (κ3) is 6.04. The van der Waals surface area contributed by atoms with Crippen LogP contribution in [0.1, 0.15) is 37.7 Å². The number of hydrogen-bond donors (Lipinski definition) is 2. The third-order valence-corrected chi connectivity index (χ3v) is 6.24. The van der Waals surface area contributed by atoms with Crippen molar-refractivity contribution in [2.24, 2.45) is 0 Å². The first kappa shape index (κ1) is 19.2. The minimum absolute atomic E-state index is 0.0637. The summed E-state index contributed by atoms with van der Waals surface area (Å²) in [6.45, 7) is 0.575. The highest BCUT2D eigenvalue weighted by Crippen LogP contribution is 2.20. The highest BCUT2D eigenvalue weighted by atomic mass is 32.2. The van der Waals surface area contributed by atoms with Gasteiger partial charge in [-0.25, -0.2) is 8.42 Å². The van der Waals surface area contributed by atoms with E-state index in [4.69, 9.17) is 9.84 Å². The number of aliphatic carboxylic acids is 1. The number of hydrogen-bond acceptors (Lipinski definition) is 5. The van der Waals surface area contributed by atoms with E-state index >= 15 is 0 Å². The number of ether oxygens (including phenoxy) is 1. The van der Waals surface area contributed by atoms with Crippen molar-refractivity contribution in [1.29, 1.82) is 0 Å². The van der Waals surface area contributed by atoms with Gasteiger partial charge in [0, 0.05) is 13.0 Å². The van der Waals surface area contributed by atoms with Crippen LogP contribution in [-0.4, -0.2) is 43.0 Å². The molecular formula is C17H23NO6S. The van der Waals surface area contributed by atoms with Crippen molar-refractivity contribution in [2.75, 3.05) is 12.4 Å².